The molecule has 8 N–H and O–H groups in total. The Kier molecular flexibility index (Phi) is 12.0. The van der Waals surface area contributed by atoms with Gasteiger partial charge in [-0.05, 0) is 67.8 Å². The van der Waals surface area contributed by atoms with Crippen LogP contribution in [0.4, 0.5) is 5.69 Å². The van der Waals surface area contributed by atoms with Gasteiger partial charge in [-0.2, -0.15) is 0 Å². The Bertz CT molecular complexity index is 750. The third-order valence-corrected chi connectivity index (χ3v) is 7.37. The Morgan fingerprint density at radius 1 is 0.931 bits per heavy atom. The summed E-state index contributed by atoms with van der Waals surface area (Å²) in [4.78, 5) is 25.0. The molecule has 1 rings (SSSR count). The van der Waals surface area contributed by atoms with Gasteiger partial charge in [0.1, 0.15) is 6.10 Å². The first-order valence-electron chi connectivity index (χ1n) is 8.25. The fourth-order valence-electron chi connectivity index (χ4n) is 2.25. The lowest BCUT2D eigenvalue weighted by atomic mass is 10.1. The van der Waals surface area contributed by atoms with Gasteiger partial charge in [-0.1, -0.05) is 0 Å². The topological polar surface area (TPSA) is 180 Å². The summed E-state index contributed by atoms with van der Waals surface area (Å²) >= 11 is 5.60. The molecule has 0 aliphatic carbocycles. The molecule has 0 aliphatic heterocycles. The van der Waals surface area contributed by atoms with Crippen molar-refractivity contribution in [3.05, 3.63) is 21.8 Å². The Morgan fingerprint density at radius 2 is 1.55 bits per heavy atom. The number of aliphatic hydroxyl groups excluding tert-OH is 6. The normalized spacial score (nSPS) is 14.2. The predicted molar refractivity (Wildman–Crippen MR) is 128 cm³/mol. The van der Waals surface area contributed by atoms with Gasteiger partial charge >= 0.3 is 0 Å². The van der Waals surface area contributed by atoms with Crippen molar-refractivity contribution in [2.45, 2.75) is 31.3 Å². The number of aliphatic hydroxyl groups is 6. The van der Waals surface area contributed by atoms with Gasteiger partial charge in [-0.25, -0.2) is 0 Å². The Balaban J connectivity index is 3.41. The fourth-order valence-corrected chi connectivity index (χ4v) is 6.52. The van der Waals surface area contributed by atoms with E-state index in [2.05, 4.69) is 10.6 Å². The van der Waals surface area contributed by atoms with Gasteiger partial charge in [0.25, 0.3) is 11.8 Å². The number of hydrogen-bond acceptors (Lipinski definition) is 8. The summed E-state index contributed by atoms with van der Waals surface area (Å²) in [6.45, 7) is -2.10. The number of anilines is 1. The zero-order valence-electron chi connectivity index (χ0n) is 14.9. The lowest BCUT2D eigenvalue weighted by Crippen LogP contribution is -2.47. The van der Waals surface area contributed by atoms with Gasteiger partial charge in [-0.15, -0.1) is 0 Å². The van der Waals surface area contributed by atoms with Crippen LogP contribution in [0.15, 0.2) is 0 Å². The highest BCUT2D eigenvalue weighted by Crippen LogP contribution is 2.36. The van der Waals surface area contributed by atoms with Crippen LogP contribution in [-0.4, -0.2) is 80.5 Å². The van der Waals surface area contributed by atoms with Crippen LogP contribution >= 0.6 is 67.8 Å². The molecule has 13 heteroatoms. The van der Waals surface area contributed by atoms with Gasteiger partial charge in [-0.3, -0.25) is 9.59 Å². The van der Waals surface area contributed by atoms with E-state index in [4.69, 9.17) is 10.2 Å². The smallest absolute Gasteiger partial charge is 0.253 e. The number of carbonyl (C=O) groups is 2. The first kappa shape index (κ1) is 27.1. The number of amides is 2. The molecule has 0 heterocycles. The summed E-state index contributed by atoms with van der Waals surface area (Å²) < 4.78 is 1.18. The first-order valence-corrected chi connectivity index (χ1v) is 11.5. The van der Waals surface area contributed by atoms with Crippen LogP contribution < -0.4 is 10.6 Å². The van der Waals surface area contributed by atoms with Crippen molar-refractivity contribution in [3.8, 4) is 0 Å². The van der Waals surface area contributed by atoms with Crippen LogP contribution in [0.1, 0.15) is 22.3 Å². The number of benzene rings is 1. The average Bonchev–Trinajstić information content (AvgIpc) is 2.69. The van der Waals surface area contributed by atoms with Gasteiger partial charge in [0.2, 0.25) is 0 Å². The van der Waals surface area contributed by atoms with Gasteiger partial charge < -0.3 is 41.3 Å². The molecule has 0 bridgehead atoms. The summed E-state index contributed by atoms with van der Waals surface area (Å²) in [5, 5.41) is 61.5. The quantitative estimate of drug-likeness (QED) is 0.142. The zero-order valence-corrected chi connectivity index (χ0v) is 21.4. The monoisotopic (exact) mass is 750 g/mol. The van der Waals surface area contributed by atoms with E-state index in [0.717, 1.165) is 0 Å². The molecule has 29 heavy (non-hydrogen) atoms. The standard InChI is InChI=1S/C16H21I3N2O8/c17-11-6(3-23)12(18)14(21-15(28)8(26)1-2-22)13(19)10(11)16(29)20-7(4-24)9(27)5-25/h7-9,22-27H,1-5H2,(H,20,29)(H,21,28). The maximum atomic E-state index is 12.8. The average molecular weight is 750 g/mol. The van der Waals surface area contributed by atoms with E-state index < -0.39 is 49.9 Å². The summed E-state index contributed by atoms with van der Waals surface area (Å²) in [6.07, 6.45) is -3.01. The highest BCUT2D eigenvalue weighted by molar-refractivity contribution is 14.1. The third kappa shape index (κ3) is 6.79. The minimum atomic E-state index is -1.46. The summed E-state index contributed by atoms with van der Waals surface area (Å²) in [6, 6.07) is -1.12. The van der Waals surface area contributed by atoms with Crippen molar-refractivity contribution in [2.24, 2.45) is 0 Å². The van der Waals surface area contributed by atoms with E-state index in [1.54, 1.807) is 0 Å². The molecule has 0 saturated carbocycles. The highest BCUT2D eigenvalue weighted by Gasteiger charge is 2.28. The molecule has 0 saturated heterocycles. The van der Waals surface area contributed by atoms with Gasteiger partial charge in [0.05, 0.1) is 46.8 Å². The molecule has 0 radical (unpaired) electrons. The molecule has 10 nitrogen and oxygen atoms in total. The van der Waals surface area contributed by atoms with E-state index in [0.29, 0.717) is 16.3 Å². The van der Waals surface area contributed by atoms with Crippen LogP contribution in [0.2, 0.25) is 0 Å². The second-order valence-corrected chi connectivity index (χ2v) is 9.09. The lowest BCUT2D eigenvalue weighted by molar-refractivity contribution is -0.124. The molecule has 3 unspecified atom stereocenters. The Labute approximate surface area is 207 Å². The molecule has 164 valence electrons. The van der Waals surface area contributed by atoms with E-state index >= 15 is 0 Å². The van der Waals surface area contributed by atoms with Crippen molar-refractivity contribution >= 4 is 85.3 Å². The molecular formula is C16H21I3N2O8. The van der Waals surface area contributed by atoms with E-state index in [1.807, 2.05) is 67.8 Å². The van der Waals surface area contributed by atoms with E-state index in [1.165, 1.54) is 0 Å². The molecule has 0 fully saturated rings. The summed E-state index contributed by atoms with van der Waals surface area (Å²) in [5.74, 6) is -1.47. The van der Waals surface area contributed by atoms with Crippen molar-refractivity contribution < 1.29 is 40.2 Å². The Hall–Kier alpha value is 0.110. The van der Waals surface area contributed by atoms with E-state index in [-0.39, 0.29) is 24.3 Å². The van der Waals surface area contributed by atoms with Crippen molar-refractivity contribution in [2.75, 3.05) is 25.1 Å². The number of rotatable bonds is 10. The number of hydrogen-bond donors (Lipinski definition) is 8. The number of halogens is 3. The predicted octanol–water partition coefficient (Wildman–Crippen LogP) is -0.882. The minimum Gasteiger partial charge on any atom is -0.396 e. The highest BCUT2D eigenvalue weighted by atomic mass is 127. The second-order valence-electron chi connectivity index (χ2n) is 5.86. The number of nitrogens with one attached hydrogen (secondary N) is 2. The molecule has 1 aromatic carbocycles. The SMILES string of the molecule is O=C(NC(CO)C(O)CO)c1c(I)c(CO)c(I)c(NC(=O)C(O)CCO)c1I. The maximum Gasteiger partial charge on any atom is 0.253 e. The van der Waals surface area contributed by atoms with Crippen LogP contribution in [0.25, 0.3) is 0 Å². The first-order chi connectivity index (χ1) is 13.6. The van der Waals surface area contributed by atoms with Crippen molar-refractivity contribution in [3.63, 3.8) is 0 Å². The second kappa shape index (κ2) is 12.8. The molecule has 0 aliphatic rings. The minimum absolute atomic E-state index is 0.0891. The van der Waals surface area contributed by atoms with Gasteiger partial charge in [0, 0.05) is 25.7 Å². The van der Waals surface area contributed by atoms with Crippen LogP contribution in [0.3, 0.4) is 0 Å². The maximum absolute atomic E-state index is 12.8. The molecule has 0 spiro atoms. The fraction of sp³-hybridized carbons (Fsp3) is 0.500. The van der Waals surface area contributed by atoms with Crippen LogP contribution in [0, 0.1) is 10.7 Å². The lowest BCUT2D eigenvalue weighted by Gasteiger charge is -2.23. The molecule has 3 atom stereocenters. The van der Waals surface area contributed by atoms with Crippen LogP contribution in [-0.2, 0) is 11.4 Å². The van der Waals surface area contributed by atoms with Crippen molar-refractivity contribution in [1.82, 2.24) is 5.32 Å². The van der Waals surface area contributed by atoms with Crippen LogP contribution in [0.5, 0.6) is 0 Å². The van der Waals surface area contributed by atoms with E-state index in [9.17, 15) is 30.0 Å². The summed E-state index contributed by atoms with van der Waals surface area (Å²) in [5.41, 5.74) is 0.657. The largest absolute Gasteiger partial charge is 0.396 e. The summed E-state index contributed by atoms with van der Waals surface area (Å²) in [7, 11) is 0. The molecule has 2 amide bonds. The zero-order chi connectivity index (χ0) is 22.3. The van der Waals surface area contributed by atoms with Crippen molar-refractivity contribution in [1.29, 1.82) is 0 Å². The van der Waals surface area contributed by atoms with Gasteiger partial charge in [0.15, 0.2) is 0 Å². The number of carbonyl (C=O) groups excluding carboxylic acids is 2. The molecule has 0 aromatic heterocycles. The third-order valence-electron chi connectivity index (χ3n) is 3.91. The Morgan fingerprint density at radius 3 is 2.03 bits per heavy atom. The molecule has 1 aromatic rings. The molecular weight excluding hydrogens is 729 g/mol.